The normalized spacial score (nSPS) is 13.6. The van der Waals surface area contributed by atoms with Crippen LogP contribution in [0.15, 0.2) is 24.3 Å². The minimum absolute atomic E-state index is 0.290. The molecule has 0 aromatic heterocycles. The summed E-state index contributed by atoms with van der Waals surface area (Å²) >= 11 is 0. The number of nitrogens with zero attached hydrogens (tertiary/aromatic N) is 1. The van der Waals surface area contributed by atoms with Crippen LogP contribution in [0.4, 0.5) is 16.2 Å². The van der Waals surface area contributed by atoms with E-state index in [2.05, 4.69) is 10.6 Å². The molecule has 0 radical (unpaired) electrons. The molecule has 1 aromatic carbocycles. The molecule has 1 aliphatic rings. The lowest BCUT2D eigenvalue weighted by Gasteiger charge is -2.14. The Morgan fingerprint density at radius 3 is 2.14 bits per heavy atom. The van der Waals surface area contributed by atoms with Gasteiger partial charge in [0.05, 0.1) is 6.61 Å². The molecule has 22 heavy (non-hydrogen) atoms. The van der Waals surface area contributed by atoms with Gasteiger partial charge in [0.2, 0.25) is 0 Å². The topological polar surface area (TPSA) is 87.7 Å². The Hall–Kier alpha value is -2.57. The first kappa shape index (κ1) is 15.8. The molecule has 0 bridgehead atoms. The van der Waals surface area contributed by atoms with Gasteiger partial charge < -0.3 is 15.0 Å². The highest BCUT2D eigenvalue weighted by atomic mass is 16.5. The first-order chi connectivity index (χ1) is 10.6. The molecule has 0 unspecified atom stereocenters. The van der Waals surface area contributed by atoms with E-state index in [0.717, 1.165) is 12.8 Å². The predicted octanol–water partition coefficient (Wildman–Crippen LogP) is 1.82. The third-order valence-electron chi connectivity index (χ3n) is 3.25. The summed E-state index contributed by atoms with van der Waals surface area (Å²) in [6, 6.07) is 6.45. The van der Waals surface area contributed by atoms with Gasteiger partial charge in [0.15, 0.2) is 0 Å². The Labute approximate surface area is 128 Å². The van der Waals surface area contributed by atoms with Gasteiger partial charge in [-0.25, -0.2) is 4.79 Å². The molecule has 3 amide bonds. The fourth-order valence-electron chi connectivity index (χ4n) is 2.17. The van der Waals surface area contributed by atoms with Crippen LogP contribution in [0, 0.1) is 0 Å². The smallest absolute Gasteiger partial charge is 0.411 e. The molecule has 0 aliphatic carbocycles. The number of amides is 3. The first-order valence-corrected chi connectivity index (χ1v) is 7.24. The van der Waals surface area contributed by atoms with Crippen LogP contribution in [0.3, 0.4) is 0 Å². The van der Waals surface area contributed by atoms with Crippen molar-refractivity contribution in [2.24, 2.45) is 0 Å². The fraction of sp³-hybridized carbons (Fsp3) is 0.400. The summed E-state index contributed by atoms with van der Waals surface area (Å²) < 4.78 is 4.76. The lowest BCUT2D eigenvalue weighted by molar-refractivity contribution is -0.142. The molecule has 2 rings (SSSR count). The highest BCUT2D eigenvalue weighted by Gasteiger charge is 2.24. The van der Waals surface area contributed by atoms with E-state index in [1.807, 2.05) is 0 Å². The lowest BCUT2D eigenvalue weighted by Crippen LogP contribution is -2.37. The van der Waals surface area contributed by atoms with Crippen molar-refractivity contribution in [3.05, 3.63) is 24.3 Å². The van der Waals surface area contributed by atoms with Crippen molar-refractivity contribution in [1.29, 1.82) is 0 Å². The summed E-state index contributed by atoms with van der Waals surface area (Å²) in [5.41, 5.74) is 1.04. The molecule has 7 heteroatoms. The number of rotatable bonds is 3. The maximum atomic E-state index is 11.9. The van der Waals surface area contributed by atoms with Gasteiger partial charge in [0, 0.05) is 24.5 Å². The average molecular weight is 305 g/mol. The molecule has 1 aliphatic heterocycles. The summed E-state index contributed by atoms with van der Waals surface area (Å²) in [7, 11) is 0. The number of hydrogen-bond acceptors (Lipinski definition) is 4. The van der Waals surface area contributed by atoms with Crippen molar-refractivity contribution in [3.8, 4) is 0 Å². The Morgan fingerprint density at radius 1 is 1.05 bits per heavy atom. The Kier molecular flexibility index (Phi) is 5.35. The molecular weight excluding hydrogens is 286 g/mol. The van der Waals surface area contributed by atoms with E-state index in [-0.39, 0.29) is 0 Å². The Bertz CT molecular complexity index is 550. The number of hydrogen-bond donors (Lipinski definition) is 2. The monoisotopic (exact) mass is 305 g/mol. The molecule has 2 N–H and O–H groups in total. The second-order valence-corrected chi connectivity index (χ2v) is 4.88. The van der Waals surface area contributed by atoms with Crippen molar-refractivity contribution >= 4 is 29.3 Å². The van der Waals surface area contributed by atoms with Gasteiger partial charge in [-0.3, -0.25) is 14.9 Å². The SMILES string of the molecule is CCOC(=O)Nc1ccc(NC(=O)C(=O)N2CCCC2)cc1. The number of carbonyl (C=O) groups excluding carboxylic acids is 3. The van der Waals surface area contributed by atoms with E-state index in [4.69, 9.17) is 4.74 Å². The molecule has 0 saturated carbocycles. The first-order valence-electron chi connectivity index (χ1n) is 7.24. The molecular formula is C15H19N3O4. The van der Waals surface area contributed by atoms with Gasteiger partial charge in [-0.15, -0.1) is 0 Å². The number of nitrogens with one attached hydrogen (secondary N) is 2. The van der Waals surface area contributed by atoms with E-state index >= 15 is 0 Å². The molecule has 1 heterocycles. The second-order valence-electron chi connectivity index (χ2n) is 4.88. The van der Waals surface area contributed by atoms with Gasteiger partial charge in [-0.1, -0.05) is 0 Å². The zero-order valence-corrected chi connectivity index (χ0v) is 12.4. The third-order valence-corrected chi connectivity index (χ3v) is 3.25. The van der Waals surface area contributed by atoms with Crippen LogP contribution >= 0.6 is 0 Å². The molecule has 0 spiro atoms. The van der Waals surface area contributed by atoms with Crippen molar-refractivity contribution in [2.45, 2.75) is 19.8 Å². The van der Waals surface area contributed by atoms with Gasteiger partial charge >= 0.3 is 17.9 Å². The van der Waals surface area contributed by atoms with Crippen LogP contribution in [-0.4, -0.2) is 42.5 Å². The van der Waals surface area contributed by atoms with Gasteiger partial charge in [-0.2, -0.15) is 0 Å². The van der Waals surface area contributed by atoms with Crippen LogP contribution in [0.2, 0.25) is 0 Å². The van der Waals surface area contributed by atoms with Crippen molar-refractivity contribution < 1.29 is 19.1 Å². The number of ether oxygens (including phenoxy) is 1. The van der Waals surface area contributed by atoms with E-state index in [0.29, 0.717) is 31.1 Å². The van der Waals surface area contributed by atoms with Crippen molar-refractivity contribution in [2.75, 3.05) is 30.3 Å². The van der Waals surface area contributed by atoms with E-state index in [9.17, 15) is 14.4 Å². The lowest BCUT2D eigenvalue weighted by atomic mass is 10.2. The van der Waals surface area contributed by atoms with Gasteiger partial charge in [0.1, 0.15) is 0 Å². The van der Waals surface area contributed by atoms with Gasteiger partial charge in [-0.05, 0) is 44.0 Å². The van der Waals surface area contributed by atoms with Gasteiger partial charge in [0.25, 0.3) is 0 Å². The fourth-order valence-corrected chi connectivity index (χ4v) is 2.17. The number of likely N-dealkylation sites (tertiary alicyclic amines) is 1. The van der Waals surface area contributed by atoms with E-state index in [1.165, 1.54) is 0 Å². The Balaban J connectivity index is 1.89. The minimum atomic E-state index is -0.645. The molecule has 118 valence electrons. The zero-order valence-electron chi connectivity index (χ0n) is 12.4. The average Bonchev–Trinajstić information content (AvgIpc) is 3.03. The zero-order chi connectivity index (χ0) is 15.9. The summed E-state index contributed by atoms with van der Waals surface area (Å²) in [5, 5.41) is 5.09. The highest BCUT2D eigenvalue weighted by Crippen LogP contribution is 2.14. The van der Waals surface area contributed by atoms with E-state index in [1.54, 1.807) is 36.1 Å². The molecule has 1 aromatic rings. The minimum Gasteiger partial charge on any atom is -0.450 e. The van der Waals surface area contributed by atoms with Crippen LogP contribution < -0.4 is 10.6 Å². The van der Waals surface area contributed by atoms with Crippen LogP contribution in [0.1, 0.15) is 19.8 Å². The van der Waals surface area contributed by atoms with Crippen molar-refractivity contribution in [1.82, 2.24) is 4.90 Å². The highest BCUT2D eigenvalue weighted by molar-refractivity contribution is 6.39. The third kappa shape index (κ3) is 4.21. The largest absolute Gasteiger partial charge is 0.450 e. The molecule has 1 saturated heterocycles. The quantitative estimate of drug-likeness (QED) is 0.834. The number of carbonyl (C=O) groups is 3. The maximum Gasteiger partial charge on any atom is 0.411 e. The molecule has 0 atom stereocenters. The Morgan fingerprint density at radius 2 is 1.59 bits per heavy atom. The standard InChI is InChI=1S/C15H19N3O4/c1-2-22-15(21)17-12-7-5-11(6-8-12)16-13(19)14(20)18-9-3-4-10-18/h5-8H,2-4,9-10H2,1H3,(H,16,19)(H,17,21). The van der Waals surface area contributed by atoms with Crippen molar-refractivity contribution in [3.63, 3.8) is 0 Å². The summed E-state index contributed by atoms with van der Waals surface area (Å²) in [4.78, 5) is 36.5. The second kappa shape index (κ2) is 7.44. The summed E-state index contributed by atoms with van der Waals surface area (Å²) in [5.74, 6) is -1.15. The number of anilines is 2. The van der Waals surface area contributed by atoms with Crippen LogP contribution in [0.5, 0.6) is 0 Å². The maximum absolute atomic E-state index is 11.9. The van der Waals surface area contributed by atoms with E-state index < -0.39 is 17.9 Å². The number of benzene rings is 1. The molecule has 1 fully saturated rings. The van der Waals surface area contributed by atoms with Crippen LogP contribution in [-0.2, 0) is 14.3 Å². The van der Waals surface area contributed by atoms with Crippen LogP contribution in [0.25, 0.3) is 0 Å². The molecule has 7 nitrogen and oxygen atoms in total. The summed E-state index contributed by atoms with van der Waals surface area (Å²) in [6.45, 7) is 3.28. The predicted molar refractivity (Wildman–Crippen MR) is 81.5 cm³/mol. The summed E-state index contributed by atoms with van der Waals surface area (Å²) in [6.07, 6.45) is 1.34.